The van der Waals surface area contributed by atoms with Crippen molar-refractivity contribution in [3.05, 3.63) is 35.9 Å². The Bertz CT molecular complexity index is 580. The van der Waals surface area contributed by atoms with Crippen molar-refractivity contribution in [1.29, 1.82) is 0 Å². The van der Waals surface area contributed by atoms with E-state index in [0.29, 0.717) is 0 Å². The van der Waals surface area contributed by atoms with Crippen LogP contribution in [-0.2, 0) is 4.44 Å². The molecule has 0 aliphatic rings. The summed E-state index contributed by atoms with van der Waals surface area (Å²) in [6.07, 6.45) is 0. The SMILES string of the molecule is C[Si](C)(C)[Si]([Si](C)(C)C)[Si](C)(C)C.C[Si](C)(C)[Si]([Si](C)(C)C)[Si](C)(C)C.[K].[Sn][CH2]c1ccccc1. The van der Waals surface area contributed by atoms with Gasteiger partial charge in [0, 0.05) is 112 Å². The molecule has 0 saturated heterocycles. The molecule has 10 heteroatoms. The number of rotatable bonds is 7. The van der Waals surface area contributed by atoms with Crippen molar-refractivity contribution >= 4 is 134 Å². The van der Waals surface area contributed by atoms with E-state index in [-0.39, 0.29) is 66.1 Å². The molecule has 0 spiro atoms. The molecule has 0 nitrogen and oxygen atoms in total. The molecule has 0 aliphatic heterocycles. The maximum atomic E-state index is 2.61. The Labute approximate surface area is 287 Å². The molecule has 1 aromatic rings. The first-order valence-electron chi connectivity index (χ1n) is 13.1. The van der Waals surface area contributed by atoms with Crippen molar-refractivity contribution in [2.75, 3.05) is 0 Å². The van der Waals surface area contributed by atoms with Crippen LogP contribution < -0.4 is 0 Å². The van der Waals surface area contributed by atoms with E-state index < -0.39 is 45.5 Å². The van der Waals surface area contributed by atoms with Crippen molar-refractivity contribution in [3.8, 4) is 0 Å². The van der Waals surface area contributed by atoms with E-state index in [1.165, 1.54) is 10.0 Å². The van der Waals surface area contributed by atoms with Crippen LogP contribution in [0.5, 0.6) is 0 Å². The fourth-order valence-corrected chi connectivity index (χ4v) is 184. The van der Waals surface area contributed by atoms with Gasteiger partial charge >= 0.3 is 62.9 Å². The van der Waals surface area contributed by atoms with Crippen LogP contribution >= 0.6 is 0 Å². The topological polar surface area (TPSA) is 0 Å². The van der Waals surface area contributed by atoms with Gasteiger partial charge in [0.15, 0.2) is 0 Å². The molecule has 0 bridgehead atoms. The molecule has 35 heavy (non-hydrogen) atoms. The van der Waals surface area contributed by atoms with Gasteiger partial charge in [0.05, 0.1) is 0 Å². The molecule has 1 aromatic carbocycles. The zero-order valence-corrected chi connectivity index (χ0v) is 41.6. The number of hydrogen-bond donors (Lipinski definition) is 0. The van der Waals surface area contributed by atoms with Gasteiger partial charge in [-0.25, -0.2) is 0 Å². The standard InChI is InChI=1S/2C9H27Si4.C7H7.K.Sn/c2*1-11(2,3)10(12(4,5)6)13(7,8)9;1-7-5-3-2-4-6-7;;/h2*1-9H3;2-6H,1H2;;. The zero-order valence-electron chi connectivity index (χ0n) is 27.6. The van der Waals surface area contributed by atoms with E-state index in [9.17, 15) is 0 Å². The molecule has 0 N–H and O–H groups in total. The van der Waals surface area contributed by atoms with Gasteiger partial charge in [0.2, 0.25) is 0 Å². The quantitative estimate of drug-likeness (QED) is 0.246. The van der Waals surface area contributed by atoms with E-state index in [1.54, 1.807) is 22.5 Å². The van der Waals surface area contributed by atoms with Gasteiger partial charge in [-0.15, -0.1) is 0 Å². The summed E-state index contributed by atoms with van der Waals surface area (Å²) < 4.78 is 1.23. The molecule has 0 aliphatic carbocycles. The third-order valence-corrected chi connectivity index (χ3v) is 124. The first-order valence-corrected chi connectivity index (χ1v) is 45.1. The van der Waals surface area contributed by atoms with Crippen LogP contribution in [0.15, 0.2) is 30.3 Å². The number of hydrogen-bond acceptors (Lipinski definition) is 0. The normalized spacial score (nSPS) is 13.4. The Morgan fingerprint density at radius 3 is 0.743 bits per heavy atom. The minimum atomic E-state index is -0.832. The second-order valence-electron chi connectivity index (χ2n) is 15.9. The summed E-state index contributed by atoms with van der Waals surface area (Å²) in [7, 11) is -4.94. The second-order valence-corrected chi connectivity index (χ2v) is 90.4. The first-order chi connectivity index (χ1) is 14.7. The Hall–Kier alpha value is 3.39. The van der Waals surface area contributed by atoms with E-state index in [4.69, 9.17) is 0 Å². The summed E-state index contributed by atoms with van der Waals surface area (Å²) in [5.41, 5.74) is 1.45. The van der Waals surface area contributed by atoms with E-state index >= 15 is 0 Å². The third kappa shape index (κ3) is 19.2. The molecule has 0 saturated carbocycles. The van der Waals surface area contributed by atoms with E-state index in [1.807, 2.05) is 0 Å². The Balaban J connectivity index is -0.000000444. The average Bonchev–Trinajstić information content (AvgIpc) is 2.47. The van der Waals surface area contributed by atoms with Crippen LogP contribution in [0.1, 0.15) is 5.56 Å². The second kappa shape index (κ2) is 16.7. The molecule has 0 fully saturated rings. The zero-order chi connectivity index (χ0) is 28.0. The fraction of sp³-hybridized carbons (Fsp3) is 0.760. The summed E-state index contributed by atoms with van der Waals surface area (Å²) in [5.74, 6) is 0. The van der Waals surface area contributed by atoms with Crippen molar-refractivity contribution < 1.29 is 0 Å². The number of benzene rings is 1. The molecule has 198 valence electrons. The minimum absolute atomic E-state index is 0. The van der Waals surface area contributed by atoms with Gasteiger partial charge in [0.25, 0.3) is 0 Å². The summed E-state index contributed by atoms with van der Waals surface area (Å²) in [5, 5.41) is 0. The molecular weight excluding hydrogens is 683 g/mol. The third-order valence-electron chi connectivity index (χ3n) is 5.55. The average molecular weight is 744 g/mol. The Morgan fingerprint density at radius 1 is 0.457 bits per heavy atom. The van der Waals surface area contributed by atoms with Crippen LogP contribution in [0, 0.1) is 0 Å². The molecule has 0 heterocycles. The van der Waals surface area contributed by atoms with Crippen molar-refractivity contribution in [1.82, 2.24) is 0 Å². The molecular formula is C25H61KSi8Sn. The van der Waals surface area contributed by atoms with Crippen LogP contribution in [0.2, 0.25) is 118 Å². The summed E-state index contributed by atoms with van der Waals surface area (Å²) in [4.78, 5) is 0. The Morgan fingerprint density at radius 2 is 0.657 bits per heavy atom. The summed E-state index contributed by atoms with van der Waals surface area (Å²) >= 11 is 1.59. The molecule has 1 rings (SSSR count). The maximum absolute atomic E-state index is 2.61. The van der Waals surface area contributed by atoms with Crippen LogP contribution in [0.4, 0.5) is 0 Å². The van der Waals surface area contributed by atoms with Gasteiger partial charge < -0.3 is 0 Å². The fourth-order valence-electron chi connectivity index (χ4n) is 7.35. The molecule has 0 aromatic heterocycles. The monoisotopic (exact) mass is 744 g/mol. The van der Waals surface area contributed by atoms with Gasteiger partial charge in [0.1, 0.15) is 0 Å². The van der Waals surface area contributed by atoms with E-state index in [2.05, 4.69) is 148 Å². The predicted molar refractivity (Wildman–Crippen MR) is 193 cm³/mol. The van der Waals surface area contributed by atoms with Crippen molar-refractivity contribution in [3.63, 3.8) is 0 Å². The van der Waals surface area contributed by atoms with Crippen LogP contribution in [0.3, 0.4) is 0 Å². The van der Waals surface area contributed by atoms with Gasteiger partial charge in [-0.3, -0.25) is 0 Å². The molecule has 0 unspecified atom stereocenters. The Kier molecular flexibility index (Phi) is 20.5. The van der Waals surface area contributed by atoms with Gasteiger partial charge in [-0.05, 0) is 0 Å². The van der Waals surface area contributed by atoms with Crippen LogP contribution in [-0.4, -0.2) is 134 Å². The first kappa shape index (κ1) is 42.9. The van der Waals surface area contributed by atoms with Crippen molar-refractivity contribution in [2.24, 2.45) is 0 Å². The molecule has 6 radical (unpaired) electrons. The summed E-state index contributed by atoms with van der Waals surface area (Å²) in [6.45, 7) is 47.0. The summed E-state index contributed by atoms with van der Waals surface area (Å²) in [6, 6.07) is 10.5. The van der Waals surface area contributed by atoms with E-state index in [0.717, 1.165) is 0 Å². The molecule has 0 amide bonds. The molecule has 0 atom stereocenters. The van der Waals surface area contributed by atoms with Gasteiger partial charge in [-0.2, -0.15) is 0 Å². The van der Waals surface area contributed by atoms with Gasteiger partial charge in [-0.1, -0.05) is 118 Å². The van der Waals surface area contributed by atoms with Crippen molar-refractivity contribution in [2.45, 2.75) is 122 Å². The predicted octanol–water partition coefficient (Wildman–Crippen LogP) is 8.44. The van der Waals surface area contributed by atoms with Crippen LogP contribution in [0.25, 0.3) is 0 Å².